The Balaban J connectivity index is 1.45. The van der Waals surface area contributed by atoms with E-state index in [-0.39, 0.29) is 36.1 Å². The molecule has 0 aliphatic rings. The van der Waals surface area contributed by atoms with Crippen molar-refractivity contribution in [2.45, 2.75) is 25.9 Å². The van der Waals surface area contributed by atoms with Gasteiger partial charge in [0, 0.05) is 35.7 Å². The Morgan fingerprint density at radius 1 is 1.09 bits per heavy atom. The van der Waals surface area contributed by atoms with Crippen LogP contribution in [0.2, 0.25) is 0 Å². The number of rotatable bonds is 9. The van der Waals surface area contributed by atoms with E-state index in [2.05, 4.69) is 15.6 Å². The maximum atomic E-state index is 13.0. The molecule has 3 aromatic heterocycles. The molecule has 1 unspecified atom stereocenters. The molecule has 3 heterocycles. The molecular weight excluding hydrogens is 448 g/mol. The zero-order chi connectivity index (χ0) is 24.8. The van der Waals surface area contributed by atoms with Crippen molar-refractivity contribution in [3.63, 3.8) is 0 Å². The van der Waals surface area contributed by atoms with Crippen LogP contribution in [0.15, 0.2) is 82.1 Å². The highest BCUT2D eigenvalue weighted by atomic mass is 16.4. The molecule has 0 aliphatic heterocycles. The molecule has 0 saturated heterocycles. The van der Waals surface area contributed by atoms with Crippen molar-refractivity contribution in [2.75, 3.05) is 0 Å². The molecule has 4 N–H and O–H groups in total. The number of para-hydroxylation sites is 1. The number of hydrogen-bond acceptors (Lipinski definition) is 7. The fourth-order valence-electron chi connectivity index (χ4n) is 3.59. The summed E-state index contributed by atoms with van der Waals surface area (Å²) in [5.74, 6) is 0.129. The Labute approximate surface area is 201 Å². The van der Waals surface area contributed by atoms with Crippen LogP contribution in [0.25, 0.3) is 0 Å². The molecule has 2 amide bonds. The molecule has 4 rings (SSSR count). The number of hydrogen-bond donors (Lipinski definition) is 4. The van der Waals surface area contributed by atoms with Gasteiger partial charge in [-0.25, -0.2) is 0 Å². The van der Waals surface area contributed by atoms with Crippen LogP contribution in [-0.4, -0.2) is 27.6 Å². The molecule has 0 fully saturated rings. The maximum Gasteiger partial charge on any atom is 0.287 e. The second kappa shape index (κ2) is 10.5. The third kappa shape index (κ3) is 5.64. The van der Waals surface area contributed by atoms with E-state index in [9.17, 15) is 14.7 Å². The minimum Gasteiger partial charge on any atom is -0.508 e. The van der Waals surface area contributed by atoms with Crippen LogP contribution in [0.1, 0.15) is 56.0 Å². The largest absolute Gasteiger partial charge is 0.508 e. The summed E-state index contributed by atoms with van der Waals surface area (Å²) in [7, 11) is 0. The molecule has 35 heavy (non-hydrogen) atoms. The first-order valence-electron chi connectivity index (χ1n) is 10.9. The van der Waals surface area contributed by atoms with Crippen LogP contribution < -0.4 is 10.6 Å². The lowest BCUT2D eigenvalue weighted by Crippen LogP contribution is -2.30. The van der Waals surface area contributed by atoms with Gasteiger partial charge in [0.15, 0.2) is 5.76 Å². The highest BCUT2D eigenvalue weighted by Crippen LogP contribution is 2.28. The second-order valence-corrected chi connectivity index (χ2v) is 7.85. The van der Waals surface area contributed by atoms with Crippen LogP contribution >= 0.6 is 0 Å². The molecular formula is C26H24N4O5. The van der Waals surface area contributed by atoms with Gasteiger partial charge in [-0.1, -0.05) is 24.3 Å². The molecule has 9 heteroatoms. The number of nitrogens with one attached hydrogen (secondary N) is 3. The summed E-state index contributed by atoms with van der Waals surface area (Å²) >= 11 is 0. The van der Waals surface area contributed by atoms with Gasteiger partial charge in [-0.05, 0) is 37.3 Å². The summed E-state index contributed by atoms with van der Waals surface area (Å²) in [6, 6.07) is 14.1. The summed E-state index contributed by atoms with van der Waals surface area (Å²) in [4.78, 5) is 29.3. The normalized spacial score (nSPS) is 11.6. The zero-order valence-electron chi connectivity index (χ0n) is 18.9. The zero-order valence-corrected chi connectivity index (χ0v) is 18.9. The van der Waals surface area contributed by atoms with Crippen LogP contribution in [0, 0.1) is 12.3 Å². The Bertz CT molecular complexity index is 1340. The first-order chi connectivity index (χ1) is 16.9. The summed E-state index contributed by atoms with van der Waals surface area (Å²) in [6.45, 7) is 1.78. The number of benzene rings is 1. The number of carbonyl (C=O) groups is 2. The predicted octanol–water partition coefficient (Wildman–Crippen LogP) is 4.14. The third-order valence-electron chi connectivity index (χ3n) is 5.45. The van der Waals surface area contributed by atoms with Gasteiger partial charge in [-0.3, -0.25) is 14.6 Å². The predicted molar refractivity (Wildman–Crippen MR) is 127 cm³/mol. The fraction of sp³-hybridized carbons (Fsp3) is 0.154. The summed E-state index contributed by atoms with van der Waals surface area (Å²) in [6.07, 6.45) is 4.76. The number of aryl methyl sites for hydroxylation is 1. The minimum atomic E-state index is -0.686. The standard InChI is InChI=1S/C26H24N4O5/c1-16-19(10-12-34-16)25(32)29-15-18-8-9-24(35-18)26(33)30-22(20-6-2-3-7-23(20)31)13-21(27)17-5-4-11-28-14-17/h2-12,14,22,27,31H,13,15H2,1H3,(H,29,32)(H,30,33). The molecule has 1 atom stereocenters. The molecule has 0 bridgehead atoms. The van der Waals surface area contributed by atoms with Gasteiger partial charge in [0.1, 0.15) is 17.3 Å². The van der Waals surface area contributed by atoms with E-state index in [0.717, 1.165) is 0 Å². The van der Waals surface area contributed by atoms with Crippen molar-refractivity contribution in [1.82, 2.24) is 15.6 Å². The summed E-state index contributed by atoms with van der Waals surface area (Å²) < 4.78 is 10.8. The van der Waals surface area contributed by atoms with E-state index in [0.29, 0.717) is 28.2 Å². The fourth-order valence-corrected chi connectivity index (χ4v) is 3.59. The highest BCUT2D eigenvalue weighted by molar-refractivity contribution is 5.99. The number of aromatic hydroxyl groups is 1. The van der Waals surface area contributed by atoms with Crippen LogP contribution in [0.4, 0.5) is 0 Å². The Hall–Kier alpha value is -4.66. The lowest BCUT2D eigenvalue weighted by Gasteiger charge is -2.20. The average Bonchev–Trinajstić information content (AvgIpc) is 3.52. The third-order valence-corrected chi connectivity index (χ3v) is 5.45. The number of furan rings is 2. The number of phenolic OH excluding ortho intramolecular Hbond substituents is 1. The first kappa shape index (κ1) is 23.5. The number of amides is 2. The van der Waals surface area contributed by atoms with Crippen molar-refractivity contribution >= 4 is 17.5 Å². The van der Waals surface area contributed by atoms with E-state index in [1.807, 2.05) is 0 Å². The van der Waals surface area contributed by atoms with Crippen LogP contribution in [0.5, 0.6) is 5.75 Å². The Morgan fingerprint density at radius 2 is 1.91 bits per heavy atom. The van der Waals surface area contributed by atoms with E-state index in [1.54, 1.807) is 61.8 Å². The lowest BCUT2D eigenvalue weighted by atomic mass is 9.97. The van der Waals surface area contributed by atoms with Gasteiger partial charge < -0.3 is 30.0 Å². The Morgan fingerprint density at radius 3 is 2.63 bits per heavy atom. The molecule has 1 aromatic carbocycles. The van der Waals surface area contributed by atoms with Gasteiger partial charge >= 0.3 is 0 Å². The van der Waals surface area contributed by atoms with Gasteiger partial charge in [0.2, 0.25) is 0 Å². The van der Waals surface area contributed by atoms with Crippen LogP contribution in [0.3, 0.4) is 0 Å². The van der Waals surface area contributed by atoms with Crippen molar-refractivity contribution < 1.29 is 23.5 Å². The second-order valence-electron chi connectivity index (χ2n) is 7.85. The summed E-state index contributed by atoms with van der Waals surface area (Å²) in [5.41, 5.74) is 1.77. The average molecular weight is 473 g/mol. The Kier molecular flexibility index (Phi) is 7.06. The lowest BCUT2D eigenvalue weighted by molar-refractivity contribution is 0.0907. The molecule has 9 nitrogen and oxygen atoms in total. The van der Waals surface area contributed by atoms with E-state index in [4.69, 9.17) is 14.2 Å². The summed E-state index contributed by atoms with van der Waals surface area (Å²) in [5, 5.41) is 24.4. The SMILES string of the molecule is Cc1occc1C(=O)NCc1ccc(C(=O)NC(CC(=N)c2cccnc2)c2ccccc2O)o1. The number of nitrogens with zero attached hydrogens (tertiary/aromatic N) is 1. The van der Waals surface area contributed by atoms with Gasteiger partial charge in [-0.2, -0.15) is 0 Å². The van der Waals surface area contributed by atoms with Crippen molar-refractivity contribution in [2.24, 2.45) is 0 Å². The molecule has 0 saturated carbocycles. The monoisotopic (exact) mass is 472 g/mol. The molecule has 0 aliphatic carbocycles. The maximum absolute atomic E-state index is 13.0. The highest BCUT2D eigenvalue weighted by Gasteiger charge is 2.23. The quantitative estimate of drug-likeness (QED) is 0.270. The molecule has 4 aromatic rings. The number of phenols is 1. The van der Waals surface area contributed by atoms with E-state index < -0.39 is 11.9 Å². The molecule has 0 spiro atoms. The van der Waals surface area contributed by atoms with Crippen molar-refractivity contribution in [3.8, 4) is 5.75 Å². The van der Waals surface area contributed by atoms with E-state index >= 15 is 0 Å². The van der Waals surface area contributed by atoms with Crippen LogP contribution in [-0.2, 0) is 6.54 Å². The van der Waals surface area contributed by atoms with Gasteiger partial charge in [0.05, 0.1) is 24.4 Å². The van der Waals surface area contributed by atoms with Gasteiger partial charge in [0.25, 0.3) is 11.8 Å². The van der Waals surface area contributed by atoms with Gasteiger partial charge in [-0.15, -0.1) is 0 Å². The number of pyridine rings is 1. The van der Waals surface area contributed by atoms with E-state index in [1.165, 1.54) is 18.4 Å². The number of aromatic nitrogens is 1. The smallest absolute Gasteiger partial charge is 0.287 e. The van der Waals surface area contributed by atoms with Crippen molar-refractivity contribution in [3.05, 3.63) is 107 Å². The minimum absolute atomic E-state index is 0.00849. The topological polar surface area (TPSA) is 141 Å². The number of carbonyl (C=O) groups excluding carboxylic acids is 2. The first-order valence-corrected chi connectivity index (χ1v) is 10.9. The molecule has 0 radical (unpaired) electrons. The molecule has 178 valence electrons. The van der Waals surface area contributed by atoms with Crippen molar-refractivity contribution in [1.29, 1.82) is 5.41 Å².